The zero-order valence-corrected chi connectivity index (χ0v) is 14.8. The summed E-state index contributed by atoms with van der Waals surface area (Å²) in [6, 6.07) is 22.6. The smallest absolute Gasteiger partial charge is 0.207 e. The molecule has 1 aliphatic rings. The van der Waals surface area contributed by atoms with E-state index in [9.17, 15) is 8.42 Å². The van der Waals surface area contributed by atoms with Crippen molar-refractivity contribution in [2.45, 2.75) is 24.3 Å². The first-order chi connectivity index (χ1) is 12.0. The van der Waals surface area contributed by atoms with Gasteiger partial charge in [0.2, 0.25) is 10.0 Å². The summed E-state index contributed by atoms with van der Waals surface area (Å²) in [5.74, 6) is 0. The van der Waals surface area contributed by atoms with Gasteiger partial charge in [-0.25, -0.2) is 8.42 Å². The molecule has 0 unspecified atom stereocenters. The fourth-order valence-corrected chi connectivity index (χ4v) is 4.59. The predicted octanol–water partition coefficient (Wildman–Crippen LogP) is 3.97. The van der Waals surface area contributed by atoms with Crippen LogP contribution in [-0.4, -0.2) is 8.42 Å². The van der Waals surface area contributed by atoms with Crippen LogP contribution in [0.3, 0.4) is 0 Å². The van der Waals surface area contributed by atoms with E-state index in [0.29, 0.717) is 4.90 Å². The van der Waals surface area contributed by atoms with Crippen LogP contribution in [0.2, 0.25) is 0 Å². The van der Waals surface area contributed by atoms with Crippen LogP contribution in [0.25, 0.3) is 0 Å². The lowest BCUT2D eigenvalue weighted by molar-refractivity contribution is 0.569. The number of nitrogens with one attached hydrogen (secondary N) is 1. The minimum Gasteiger partial charge on any atom is -0.207 e. The Balaban J connectivity index is 1.79. The van der Waals surface area contributed by atoms with Crippen molar-refractivity contribution in [1.29, 1.82) is 0 Å². The van der Waals surface area contributed by atoms with Gasteiger partial charge in [-0.2, -0.15) is 4.72 Å². The number of hydrogen-bond donors (Lipinski definition) is 1. The topological polar surface area (TPSA) is 46.2 Å². The zero-order chi connectivity index (χ0) is 17.4. The Morgan fingerprint density at radius 3 is 1.88 bits per heavy atom. The fourth-order valence-electron chi connectivity index (χ4n) is 3.39. The van der Waals surface area contributed by atoms with Gasteiger partial charge < -0.3 is 0 Å². The van der Waals surface area contributed by atoms with E-state index in [0.717, 1.165) is 34.2 Å². The predicted molar refractivity (Wildman–Crippen MR) is 99.0 cm³/mol. The maximum atomic E-state index is 12.9. The third-order valence-corrected chi connectivity index (χ3v) is 6.16. The van der Waals surface area contributed by atoms with Gasteiger partial charge in [0.05, 0.1) is 10.9 Å². The van der Waals surface area contributed by atoms with E-state index in [-0.39, 0.29) is 6.04 Å². The number of hydrogen-bond acceptors (Lipinski definition) is 2. The van der Waals surface area contributed by atoms with Crippen LogP contribution < -0.4 is 4.72 Å². The Kier molecular flexibility index (Phi) is 3.94. The Hall–Kier alpha value is -2.43. The van der Waals surface area contributed by atoms with Crippen molar-refractivity contribution in [2.75, 3.05) is 0 Å². The van der Waals surface area contributed by atoms with E-state index in [1.807, 2.05) is 55.5 Å². The highest BCUT2D eigenvalue weighted by atomic mass is 32.2. The lowest BCUT2D eigenvalue weighted by Crippen LogP contribution is -2.32. The number of benzene rings is 3. The second kappa shape index (κ2) is 6.14. The average Bonchev–Trinajstić information content (AvgIpc) is 2.62. The van der Waals surface area contributed by atoms with Gasteiger partial charge in [-0.05, 0) is 47.7 Å². The number of sulfonamides is 1. The van der Waals surface area contributed by atoms with Crippen LogP contribution in [0.5, 0.6) is 0 Å². The van der Waals surface area contributed by atoms with Gasteiger partial charge in [-0.15, -0.1) is 0 Å². The molecule has 0 aliphatic heterocycles. The third-order valence-electron chi connectivity index (χ3n) is 4.72. The SMILES string of the molecule is Cc1ccc(S(=O)(=O)NC2c3ccccc3Cc3ccccc32)cc1. The molecule has 0 saturated heterocycles. The lowest BCUT2D eigenvalue weighted by Gasteiger charge is -2.29. The molecular weight excluding hydrogens is 330 g/mol. The summed E-state index contributed by atoms with van der Waals surface area (Å²) in [5, 5.41) is 0. The molecule has 1 aliphatic carbocycles. The molecule has 0 heterocycles. The molecule has 0 amide bonds. The summed E-state index contributed by atoms with van der Waals surface area (Å²) in [5.41, 5.74) is 5.41. The first kappa shape index (κ1) is 16.1. The number of fused-ring (bicyclic) bond motifs is 2. The molecule has 0 aromatic heterocycles. The minimum atomic E-state index is -3.61. The number of rotatable bonds is 3. The quantitative estimate of drug-likeness (QED) is 0.778. The Bertz CT molecular complexity index is 978. The molecule has 0 bridgehead atoms. The van der Waals surface area contributed by atoms with Gasteiger partial charge in [-0.3, -0.25) is 0 Å². The molecule has 126 valence electrons. The zero-order valence-electron chi connectivity index (χ0n) is 13.9. The van der Waals surface area contributed by atoms with E-state index < -0.39 is 10.0 Å². The Morgan fingerprint density at radius 2 is 1.32 bits per heavy atom. The molecule has 3 nitrogen and oxygen atoms in total. The van der Waals surface area contributed by atoms with Crippen molar-refractivity contribution in [3.63, 3.8) is 0 Å². The van der Waals surface area contributed by atoms with Crippen LogP contribution >= 0.6 is 0 Å². The highest BCUT2D eigenvalue weighted by molar-refractivity contribution is 7.89. The molecule has 0 saturated carbocycles. The summed E-state index contributed by atoms with van der Waals surface area (Å²) in [7, 11) is -3.61. The van der Waals surface area contributed by atoms with Gasteiger partial charge in [0.25, 0.3) is 0 Å². The Labute approximate surface area is 148 Å². The minimum absolute atomic E-state index is 0.290. The van der Waals surface area contributed by atoms with E-state index in [1.165, 1.54) is 0 Å². The molecular formula is C21H19NO2S. The van der Waals surface area contributed by atoms with Crippen LogP contribution in [0.15, 0.2) is 77.7 Å². The van der Waals surface area contributed by atoms with Crippen molar-refractivity contribution in [2.24, 2.45) is 0 Å². The molecule has 4 heteroatoms. The molecule has 0 atom stereocenters. The van der Waals surface area contributed by atoms with E-state index >= 15 is 0 Å². The maximum absolute atomic E-state index is 12.9. The van der Waals surface area contributed by atoms with E-state index in [1.54, 1.807) is 12.1 Å². The molecule has 0 spiro atoms. The summed E-state index contributed by atoms with van der Waals surface area (Å²) in [4.78, 5) is 0.290. The Morgan fingerprint density at radius 1 is 0.800 bits per heavy atom. The average molecular weight is 349 g/mol. The molecule has 1 N–H and O–H groups in total. The molecule has 4 rings (SSSR count). The summed E-state index contributed by atoms with van der Waals surface area (Å²) >= 11 is 0. The normalized spacial score (nSPS) is 14.0. The van der Waals surface area contributed by atoms with Gasteiger partial charge in [-0.1, -0.05) is 66.2 Å². The summed E-state index contributed by atoms with van der Waals surface area (Å²) < 4.78 is 28.8. The second-order valence-corrected chi connectivity index (χ2v) is 8.16. The van der Waals surface area contributed by atoms with Crippen molar-refractivity contribution in [3.8, 4) is 0 Å². The first-order valence-electron chi connectivity index (χ1n) is 8.29. The molecule has 3 aromatic carbocycles. The third kappa shape index (κ3) is 2.99. The highest BCUT2D eigenvalue weighted by Gasteiger charge is 2.29. The van der Waals surface area contributed by atoms with Gasteiger partial charge in [0.15, 0.2) is 0 Å². The molecule has 0 radical (unpaired) electrons. The van der Waals surface area contributed by atoms with Crippen molar-refractivity contribution in [3.05, 3.63) is 101 Å². The first-order valence-corrected chi connectivity index (χ1v) is 9.77. The monoisotopic (exact) mass is 349 g/mol. The van der Waals surface area contributed by atoms with Crippen molar-refractivity contribution >= 4 is 10.0 Å². The maximum Gasteiger partial charge on any atom is 0.241 e. The second-order valence-electron chi connectivity index (χ2n) is 6.44. The van der Waals surface area contributed by atoms with Crippen LogP contribution in [0.1, 0.15) is 33.9 Å². The standard InChI is InChI=1S/C21H19NO2S/c1-15-10-12-18(13-11-15)25(23,24)22-21-19-8-4-2-6-16(19)14-17-7-3-5-9-20(17)21/h2-13,21-22H,14H2,1H3. The lowest BCUT2D eigenvalue weighted by atomic mass is 9.83. The summed E-state index contributed by atoms with van der Waals surface area (Å²) in [6.45, 7) is 1.94. The summed E-state index contributed by atoms with van der Waals surface area (Å²) in [6.07, 6.45) is 0.828. The molecule has 3 aromatic rings. The molecule has 0 fully saturated rings. The fraction of sp³-hybridized carbons (Fsp3) is 0.143. The van der Waals surface area contributed by atoms with Crippen LogP contribution in [0, 0.1) is 6.92 Å². The van der Waals surface area contributed by atoms with Crippen LogP contribution in [-0.2, 0) is 16.4 Å². The van der Waals surface area contributed by atoms with E-state index in [2.05, 4.69) is 16.9 Å². The van der Waals surface area contributed by atoms with Crippen molar-refractivity contribution < 1.29 is 8.42 Å². The molecule has 25 heavy (non-hydrogen) atoms. The largest absolute Gasteiger partial charge is 0.241 e. The van der Waals surface area contributed by atoms with Gasteiger partial charge in [0.1, 0.15) is 0 Å². The van der Waals surface area contributed by atoms with Gasteiger partial charge in [0, 0.05) is 0 Å². The number of aryl methyl sites for hydroxylation is 1. The van der Waals surface area contributed by atoms with Gasteiger partial charge >= 0.3 is 0 Å². The van der Waals surface area contributed by atoms with E-state index in [4.69, 9.17) is 0 Å². The van der Waals surface area contributed by atoms with Crippen molar-refractivity contribution in [1.82, 2.24) is 4.72 Å². The van der Waals surface area contributed by atoms with Crippen LogP contribution in [0.4, 0.5) is 0 Å². The highest BCUT2D eigenvalue weighted by Crippen LogP contribution is 2.35.